The molecule has 1 aromatic carbocycles. The summed E-state index contributed by atoms with van der Waals surface area (Å²) in [4.78, 5) is 22.2. The zero-order valence-corrected chi connectivity index (χ0v) is 11.4. The van der Waals surface area contributed by atoms with Crippen molar-refractivity contribution in [1.29, 1.82) is 0 Å². The number of hydrogen-bond donors (Lipinski definition) is 3. The van der Waals surface area contributed by atoms with E-state index in [0.29, 0.717) is 5.75 Å². The van der Waals surface area contributed by atoms with Gasteiger partial charge in [0.2, 0.25) is 10.0 Å². The zero-order valence-electron chi connectivity index (χ0n) is 10.5. The third-order valence-electron chi connectivity index (χ3n) is 2.71. The van der Waals surface area contributed by atoms with E-state index >= 15 is 0 Å². The molecule has 0 aliphatic carbocycles. The van der Waals surface area contributed by atoms with Gasteiger partial charge in [-0.3, -0.25) is 10.1 Å². The van der Waals surface area contributed by atoms with Gasteiger partial charge in [0.15, 0.2) is 0 Å². The topological polar surface area (TPSA) is 114 Å². The lowest BCUT2D eigenvalue weighted by atomic mass is 10.3. The summed E-state index contributed by atoms with van der Waals surface area (Å²) < 4.78 is 31.2. The summed E-state index contributed by atoms with van der Waals surface area (Å²) >= 11 is 0. The van der Waals surface area contributed by atoms with Crippen molar-refractivity contribution < 1.29 is 22.7 Å². The summed E-state index contributed by atoms with van der Waals surface area (Å²) in [7, 11) is -2.28. The quantitative estimate of drug-likeness (QED) is 0.615. The van der Waals surface area contributed by atoms with Gasteiger partial charge >= 0.3 is 6.03 Å². The van der Waals surface area contributed by atoms with Gasteiger partial charge in [0.1, 0.15) is 11.8 Å². The van der Waals surface area contributed by atoms with Crippen LogP contribution in [0.3, 0.4) is 0 Å². The van der Waals surface area contributed by atoms with Crippen molar-refractivity contribution in [3.8, 4) is 5.75 Å². The molecule has 0 radical (unpaired) electrons. The average molecular weight is 299 g/mol. The molecule has 108 valence electrons. The van der Waals surface area contributed by atoms with Crippen LogP contribution < -0.4 is 20.1 Å². The highest BCUT2D eigenvalue weighted by Gasteiger charge is 2.30. The van der Waals surface area contributed by atoms with E-state index in [4.69, 9.17) is 4.74 Å². The molecule has 1 aromatic rings. The van der Waals surface area contributed by atoms with Gasteiger partial charge in [0.05, 0.1) is 12.0 Å². The van der Waals surface area contributed by atoms with Crippen LogP contribution in [0.25, 0.3) is 0 Å². The van der Waals surface area contributed by atoms with Crippen LogP contribution in [0.1, 0.15) is 0 Å². The molecule has 3 amide bonds. The number of benzene rings is 1. The predicted molar refractivity (Wildman–Crippen MR) is 68.6 cm³/mol. The summed E-state index contributed by atoms with van der Waals surface area (Å²) in [5.41, 5.74) is 0. The van der Waals surface area contributed by atoms with Crippen molar-refractivity contribution in [3.05, 3.63) is 24.3 Å². The molecule has 1 fully saturated rings. The monoisotopic (exact) mass is 299 g/mol. The first-order valence-electron chi connectivity index (χ1n) is 5.67. The molecule has 1 atom stereocenters. The Hall–Kier alpha value is -2.13. The van der Waals surface area contributed by atoms with E-state index in [0.717, 1.165) is 0 Å². The van der Waals surface area contributed by atoms with Crippen LogP contribution >= 0.6 is 0 Å². The zero-order chi connectivity index (χ0) is 14.8. The van der Waals surface area contributed by atoms with Gasteiger partial charge < -0.3 is 10.1 Å². The number of ether oxygens (including phenoxy) is 1. The van der Waals surface area contributed by atoms with E-state index in [1.807, 2.05) is 5.32 Å². The average Bonchev–Trinajstić information content (AvgIpc) is 2.75. The summed E-state index contributed by atoms with van der Waals surface area (Å²) in [6, 6.07) is 4.25. The van der Waals surface area contributed by atoms with Crippen LogP contribution in [0.15, 0.2) is 29.2 Å². The fourth-order valence-electron chi connectivity index (χ4n) is 1.63. The van der Waals surface area contributed by atoms with E-state index in [1.165, 1.54) is 31.4 Å². The number of rotatable bonds is 5. The Morgan fingerprint density at radius 3 is 2.40 bits per heavy atom. The highest BCUT2D eigenvalue weighted by atomic mass is 32.2. The van der Waals surface area contributed by atoms with Gasteiger partial charge in [0.25, 0.3) is 5.91 Å². The predicted octanol–water partition coefficient (Wildman–Crippen LogP) is -0.818. The van der Waals surface area contributed by atoms with Crippen molar-refractivity contribution in [3.63, 3.8) is 0 Å². The smallest absolute Gasteiger partial charge is 0.322 e. The summed E-state index contributed by atoms with van der Waals surface area (Å²) in [6.45, 7) is -0.216. The second kappa shape index (κ2) is 5.47. The lowest BCUT2D eigenvalue weighted by molar-refractivity contribution is -0.120. The van der Waals surface area contributed by atoms with Crippen molar-refractivity contribution in [2.24, 2.45) is 0 Å². The minimum atomic E-state index is -3.75. The van der Waals surface area contributed by atoms with Crippen molar-refractivity contribution in [2.45, 2.75) is 10.9 Å². The van der Waals surface area contributed by atoms with Crippen LogP contribution in [0.2, 0.25) is 0 Å². The fourth-order valence-corrected chi connectivity index (χ4v) is 2.68. The number of carbonyl (C=O) groups is 2. The maximum absolute atomic E-state index is 12.0. The second-order valence-electron chi connectivity index (χ2n) is 4.04. The largest absolute Gasteiger partial charge is 0.497 e. The van der Waals surface area contributed by atoms with E-state index in [1.54, 1.807) is 0 Å². The van der Waals surface area contributed by atoms with Gasteiger partial charge in [-0.25, -0.2) is 17.9 Å². The molecule has 3 N–H and O–H groups in total. The molecule has 0 aromatic heterocycles. The number of methoxy groups -OCH3 is 1. The minimum absolute atomic E-state index is 0.0445. The highest BCUT2D eigenvalue weighted by Crippen LogP contribution is 2.15. The van der Waals surface area contributed by atoms with Gasteiger partial charge in [0, 0.05) is 6.54 Å². The molecule has 1 aliphatic heterocycles. The van der Waals surface area contributed by atoms with Crippen LogP contribution in [-0.4, -0.2) is 40.1 Å². The Bertz CT molecular complexity index is 626. The first-order valence-corrected chi connectivity index (χ1v) is 7.16. The maximum Gasteiger partial charge on any atom is 0.322 e. The summed E-state index contributed by atoms with van der Waals surface area (Å²) in [6.07, 6.45) is 0. The SMILES string of the molecule is COc1ccc(S(=O)(=O)NCC2NC(=O)NC2=O)cc1. The van der Waals surface area contributed by atoms with Crippen molar-refractivity contribution in [2.75, 3.05) is 13.7 Å². The van der Waals surface area contributed by atoms with Gasteiger partial charge in [-0.2, -0.15) is 0 Å². The number of amides is 3. The minimum Gasteiger partial charge on any atom is -0.497 e. The first-order chi connectivity index (χ1) is 9.42. The number of nitrogens with one attached hydrogen (secondary N) is 3. The van der Waals surface area contributed by atoms with Gasteiger partial charge in [-0.15, -0.1) is 0 Å². The third kappa shape index (κ3) is 3.06. The molecule has 8 nitrogen and oxygen atoms in total. The molecule has 0 bridgehead atoms. The Balaban J connectivity index is 2.03. The number of carbonyl (C=O) groups excluding carboxylic acids is 2. The summed E-state index contributed by atoms with van der Waals surface area (Å²) in [5.74, 6) is -0.0289. The molecule has 1 saturated heterocycles. The standard InChI is InChI=1S/C11H13N3O5S/c1-19-7-2-4-8(5-3-7)20(17,18)12-6-9-10(15)14-11(16)13-9/h2-5,9,12H,6H2,1H3,(H2,13,14,15,16). The normalized spacial score (nSPS) is 18.6. The van der Waals surface area contributed by atoms with E-state index in [-0.39, 0.29) is 11.4 Å². The lowest BCUT2D eigenvalue weighted by Crippen LogP contribution is -2.41. The number of urea groups is 1. The van der Waals surface area contributed by atoms with E-state index < -0.39 is 28.0 Å². The molecule has 9 heteroatoms. The molecular weight excluding hydrogens is 286 g/mol. The third-order valence-corrected chi connectivity index (χ3v) is 4.15. The first kappa shape index (κ1) is 14.3. The van der Waals surface area contributed by atoms with Crippen LogP contribution in [0.5, 0.6) is 5.75 Å². The second-order valence-corrected chi connectivity index (χ2v) is 5.81. The van der Waals surface area contributed by atoms with Crippen molar-refractivity contribution >= 4 is 22.0 Å². The number of imide groups is 1. The van der Waals surface area contributed by atoms with Crippen LogP contribution in [0, 0.1) is 0 Å². The maximum atomic E-state index is 12.0. The highest BCUT2D eigenvalue weighted by molar-refractivity contribution is 7.89. The van der Waals surface area contributed by atoms with E-state index in [2.05, 4.69) is 10.0 Å². The molecule has 2 rings (SSSR count). The van der Waals surface area contributed by atoms with Gasteiger partial charge in [-0.1, -0.05) is 0 Å². The molecule has 20 heavy (non-hydrogen) atoms. The summed E-state index contributed by atoms with van der Waals surface area (Å²) in [5, 5.41) is 4.32. The van der Waals surface area contributed by atoms with E-state index in [9.17, 15) is 18.0 Å². The van der Waals surface area contributed by atoms with Gasteiger partial charge in [-0.05, 0) is 24.3 Å². The van der Waals surface area contributed by atoms with Crippen molar-refractivity contribution in [1.82, 2.24) is 15.4 Å². The Labute approximate surface area is 115 Å². The number of sulfonamides is 1. The van der Waals surface area contributed by atoms with Crippen LogP contribution in [0.4, 0.5) is 4.79 Å². The Morgan fingerprint density at radius 2 is 1.90 bits per heavy atom. The molecule has 1 aliphatic rings. The Morgan fingerprint density at radius 1 is 1.25 bits per heavy atom. The fraction of sp³-hybridized carbons (Fsp3) is 0.273. The Kier molecular flexibility index (Phi) is 3.91. The van der Waals surface area contributed by atoms with Crippen LogP contribution in [-0.2, 0) is 14.8 Å². The molecule has 1 heterocycles. The molecule has 1 unspecified atom stereocenters. The lowest BCUT2D eigenvalue weighted by Gasteiger charge is -2.10. The molecule has 0 spiro atoms. The molecule has 0 saturated carbocycles. The number of hydrogen-bond acceptors (Lipinski definition) is 5. The molecular formula is C11H13N3O5S.